The van der Waals surface area contributed by atoms with E-state index in [4.69, 9.17) is 0 Å². The Morgan fingerprint density at radius 1 is 1.50 bits per heavy atom. The van der Waals surface area contributed by atoms with Crippen LogP contribution in [0.15, 0.2) is 18.6 Å². The highest BCUT2D eigenvalue weighted by molar-refractivity contribution is 4.99. The Hall–Kier alpha value is -1.00. The van der Waals surface area contributed by atoms with Crippen molar-refractivity contribution in [2.24, 2.45) is 0 Å². The van der Waals surface area contributed by atoms with Crippen LogP contribution in [0.1, 0.15) is 31.1 Å². The Labute approximate surface area is 83.4 Å². The van der Waals surface area contributed by atoms with Crippen LogP contribution in [0.2, 0.25) is 0 Å². The van der Waals surface area contributed by atoms with E-state index in [1.807, 2.05) is 0 Å². The van der Waals surface area contributed by atoms with E-state index in [0.29, 0.717) is 18.3 Å². The molecule has 1 aromatic rings. The number of hydrogen-bond acceptors (Lipinski definition) is 4. The molecule has 1 fully saturated rings. The highest BCUT2D eigenvalue weighted by atomic mass is 16.3. The van der Waals surface area contributed by atoms with Gasteiger partial charge in [0.2, 0.25) is 0 Å². The van der Waals surface area contributed by atoms with Crippen molar-refractivity contribution in [2.75, 3.05) is 6.54 Å². The molecule has 1 saturated carbocycles. The zero-order chi connectivity index (χ0) is 9.80. The molecule has 0 aliphatic heterocycles. The third-order valence-corrected chi connectivity index (χ3v) is 2.63. The van der Waals surface area contributed by atoms with E-state index in [-0.39, 0.29) is 0 Å². The molecule has 76 valence electrons. The van der Waals surface area contributed by atoms with Crippen molar-refractivity contribution in [3.63, 3.8) is 0 Å². The Morgan fingerprint density at radius 3 is 2.93 bits per heavy atom. The predicted octanol–water partition coefficient (Wildman–Crippen LogP) is 0.652. The maximum absolute atomic E-state index is 9.72. The lowest BCUT2D eigenvalue weighted by molar-refractivity contribution is 0.156. The first-order chi connectivity index (χ1) is 6.86. The number of aliphatic hydroxyl groups is 1. The van der Waals surface area contributed by atoms with Crippen molar-refractivity contribution in [1.82, 2.24) is 15.3 Å². The highest BCUT2D eigenvalue weighted by Crippen LogP contribution is 2.18. The van der Waals surface area contributed by atoms with Gasteiger partial charge in [-0.2, -0.15) is 0 Å². The van der Waals surface area contributed by atoms with Gasteiger partial charge in [-0.3, -0.25) is 9.97 Å². The van der Waals surface area contributed by atoms with Crippen LogP contribution in [0, 0.1) is 0 Å². The van der Waals surface area contributed by atoms with E-state index in [1.54, 1.807) is 18.6 Å². The fourth-order valence-corrected chi connectivity index (χ4v) is 1.48. The standard InChI is InChI=1S/C10H15N3O/c14-10(7-13-8-2-1-3-8)9-6-11-4-5-12-9/h4-6,8,10,13-14H,1-3,7H2. The molecule has 0 radical (unpaired) electrons. The van der Waals surface area contributed by atoms with E-state index < -0.39 is 6.10 Å². The molecule has 1 aliphatic carbocycles. The van der Waals surface area contributed by atoms with Gasteiger partial charge < -0.3 is 10.4 Å². The molecule has 0 spiro atoms. The van der Waals surface area contributed by atoms with Gasteiger partial charge in [0.05, 0.1) is 11.9 Å². The van der Waals surface area contributed by atoms with Gasteiger partial charge in [0.1, 0.15) is 6.10 Å². The summed E-state index contributed by atoms with van der Waals surface area (Å²) >= 11 is 0. The van der Waals surface area contributed by atoms with Crippen LogP contribution >= 0.6 is 0 Å². The Kier molecular flexibility index (Phi) is 3.06. The molecule has 1 aliphatic rings. The van der Waals surface area contributed by atoms with E-state index in [9.17, 15) is 5.11 Å². The van der Waals surface area contributed by atoms with E-state index in [1.165, 1.54) is 19.3 Å². The van der Waals surface area contributed by atoms with Gasteiger partial charge in [0.25, 0.3) is 0 Å². The number of aliphatic hydroxyl groups excluding tert-OH is 1. The number of nitrogens with zero attached hydrogens (tertiary/aromatic N) is 2. The molecule has 0 saturated heterocycles. The van der Waals surface area contributed by atoms with Crippen molar-refractivity contribution in [2.45, 2.75) is 31.4 Å². The zero-order valence-corrected chi connectivity index (χ0v) is 8.06. The van der Waals surface area contributed by atoms with Crippen molar-refractivity contribution in [3.8, 4) is 0 Å². The van der Waals surface area contributed by atoms with Crippen LogP contribution in [0.3, 0.4) is 0 Å². The van der Waals surface area contributed by atoms with Crippen molar-refractivity contribution in [3.05, 3.63) is 24.3 Å². The Balaban J connectivity index is 1.80. The molecule has 2 N–H and O–H groups in total. The summed E-state index contributed by atoms with van der Waals surface area (Å²) in [6, 6.07) is 0.598. The molecule has 0 aromatic carbocycles. The first-order valence-corrected chi connectivity index (χ1v) is 5.03. The van der Waals surface area contributed by atoms with Crippen LogP contribution in [0.4, 0.5) is 0 Å². The Morgan fingerprint density at radius 2 is 2.36 bits per heavy atom. The predicted molar refractivity (Wildman–Crippen MR) is 52.6 cm³/mol. The third-order valence-electron chi connectivity index (χ3n) is 2.63. The Bertz CT molecular complexity index is 274. The fourth-order valence-electron chi connectivity index (χ4n) is 1.48. The summed E-state index contributed by atoms with van der Waals surface area (Å²) in [7, 11) is 0. The van der Waals surface area contributed by atoms with Crippen LogP contribution in [0.5, 0.6) is 0 Å². The monoisotopic (exact) mass is 193 g/mol. The lowest BCUT2D eigenvalue weighted by Gasteiger charge is -2.27. The van der Waals surface area contributed by atoms with Gasteiger partial charge >= 0.3 is 0 Å². The largest absolute Gasteiger partial charge is 0.385 e. The van der Waals surface area contributed by atoms with Crippen LogP contribution in [-0.4, -0.2) is 27.7 Å². The van der Waals surface area contributed by atoms with Gasteiger partial charge in [0, 0.05) is 25.0 Å². The summed E-state index contributed by atoms with van der Waals surface area (Å²) in [4.78, 5) is 7.96. The summed E-state index contributed by atoms with van der Waals surface area (Å²) < 4.78 is 0. The van der Waals surface area contributed by atoms with Crippen molar-refractivity contribution < 1.29 is 5.11 Å². The molecule has 0 amide bonds. The van der Waals surface area contributed by atoms with Gasteiger partial charge in [0.15, 0.2) is 0 Å². The van der Waals surface area contributed by atoms with Crippen LogP contribution < -0.4 is 5.32 Å². The van der Waals surface area contributed by atoms with E-state index in [0.717, 1.165) is 0 Å². The van der Waals surface area contributed by atoms with Crippen molar-refractivity contribution >= 4 is 0 Å². The average Bonchev–Trinajstić information content (AvgIpc) is 2.16. The minimum absolute atomic E-state index is 0.538. The highest BCUT2D eigenvalue weighted by Gasteiger charge is 2.18. The molecule has 4 nitrogen and oxygen atoms in total. The molecule has 14 heavy (non-hydrogen) atoms. The lowest BCUT2D eigenvalue weighted by atomic mass is 9.93. The molecule has 2 rings (SSSR count). The number of rotatable bonds is 4. The summed E-state index contributed by atoms with van der Waals surface area (Å²) in [6.45, 7) is 0.573. The topological polar surface area (TPSA) is 58.0 Å². The molecule has 1 unspecified atom stereocenters. The molecule has 1 aromatic heterocycles. The van der Waals surface area contributed by atoms with E-state index >= 15 is 0 Å². The minimum atomic E-state index is -0.538. The first kappa shape index (κ1) is 9.55. The maximum atomic E-state index is 9.72. The number of nitrogens with one attached hydrogen (secondary N) is 1. The quantitative estimate of drug-likeness (QED) is 0.737. The maximum Gasteiger partial charge on any atom is 0.110 e. The lowest BCUT2D eigenvalue weighted by Crippen LogP contribution is -2.37. The van der Waals surface area contributed by atoms with Gasteiger partial charge in [-0.05, 0) is 12.8 Å². The second-order valence-corrected chi connectivity index (χ2v) is 3.68. The summed E-state index contributed by atoms with van der Waals surface area (Å²) in [6.07, 6.45) is 8.04. The molecule has 1 heterocycles. The average molecular weight is 193 g/mol. The van der Waals surface area contributed by atoms with Crippen LogP contribution in [-0.2, 0) is 0 Å². The minimum Gasteiger partial charge on any atom is -0.385 e. The van der Waals surface area contributed by atoms with Crippen LogP contribution in [0.25, 0.3) is 0 Å². The van der Waals surface area contributed by atoms with Gasteiger partial charge in [-0.1, -0.05) is 6.42 Å². The fraction of sp³-hybridized carbons (Fsp3) is 0.600. The summed E-state index contributed by atoms with van der Waals surface area (Å²) in [5.41, 5.74) is 0.638. The molecule has 0 bridgehead atoms. The molecular weight excluding hydrogens is 178 g/mol. The summed E-state index contributed by atoms with van der Waals surface area (Å²) in [5, 5.41) is 13.0. The molecular formula is C10H15N3O. The van der Waals surface area contributed by atoms with Gasteiger partial charge in [-0.15, -0.1) is 0 Å². The molecule has 1 atom stereocenters. The second kappa shape index (κ2) is 4.48. The number of aromatic nitrogens is 2. The SMILES string of the molecule is OC(CNC1CCC1)c1cnccn1. The third kappa shape index (κ3) is 2.27. The van der Waals surface area contributed by atoms with Gasteiger partial charge in [-0.25, -0.2) is 0 Å². The smallest absolute Gasteiger partial charge is 0.110 e. The summed E-state index contributed by atoms with van der Waals surface area (Å²) in [5.74, 6) is 0. The second-order valence-electron chi connectivity index (χ2n) is 3.68. The normalized spacial score (nSPS) is 18.9. The van der Waals surface area contributed by atoms with E-state index in [2.05, 4.69) is 15.3 Å². The van der Waals surface area contributed by atoms with Crippen molar-refractivity contribution in [1.29, 1.82) is 0 Å². The molecule has 4 heteroatoms. The zero-order valence-electron chi connectivity index (χ0n) is 8.06. The first-order valence-electron chi connectivity index (χ1n) is 5.03. The number of hydrogen-bond donors (Lipinski definition) is 2.